The fourth-order valence-corrected chi connectivity index (χ4v) is 1.20. The molecule has 0 saturated heterocycles. The van der Waals surface area contributed by atoms with Gasteiger partial charge in [-0.25, -0.2) is 0 Å². The molecule has 2 unspecified atom stereocenters. The van der Waals surface area contributed by atoms with E-state index in [1.807, 2.05) is 6.08 Å². The molecule has 1 nitrogen and oxygen atoms in total. The Kier molecular flexibility index (Phi) is 6.73. The fourth-order valence-electron chi connectivity index (χ4n) is 1.20. The monoisotopic (exact) mass is 168 g/mol. The van der Waals surface area contributed by atoms with Crippen LogP contribution in [0.1, 0.15) is 40.0 Å². The average Bonchev–Trinajstić information content (AvgIpc) is 2.10. The van der Waals surface area contributed by atoms with Gasteiger partial charge in [0.15, 0.2) is 0 Å². The van der Waals surface area contributed by atoms with Crippen LogP contribution in [0.3, 0.4) is 0 Å². The van der Waals surface area contributed by atoms with Gasteiger partial charge in [0.05, 0.1) is 0 Å². The third kappa shape index (κ3) is 5.11. The highest BCUT2D eigenvalue weighted by Gasteiger charge is 2.07. The Labute approximate surface area is 75.9 Å². The zero-order valence-electron chi connectivity index (χ0n) is 8.42. The first-order valence-electron chi connectivity index (χ1n) is 4.82. The summed E-state index contributed by atoms with van der Waals surface area (Å²) >= 11 is 0. The van der Waals surface area contributed by atoms with Crippen LogP contribution in [0.15, 0.2) is 12.2 Å². The summed E-state index contributed by atoms with van der Waals surface area (Å²) in [7, 11) is 0. The highest BCUT2D eigenvalue weighted by Crippen LogP contribution is 2.19. The maximum atomic E-state index is 9.95. The van der Waals surface area contributed by atoms with Crippen molar-refractivity contribution in [1.82, 2.24) is 0 Å². The molecule has 0 fully saturated rings. The number of rotatable bonds is 6. The van der Waals surface area contributed by atoms with Gasteiger partial charge in [-0.15, -0.1) is 0 Å². The van der Waals surface area contributed by atoms with Crippen molar-refractivity contribution >= 4 is 6.29 Å². The Morgan fingerprint density at radius 1 is 1.25 bits per heavy atom. The second-order valence-electron chi connectivity index (χ2n) is 3.50. The van der Waals surface area contributed by atoms with E-state index in [0.717, 1.165) is 24.5 Å². The lowest BCUT2D eigenvalue weighted by Gasteiger charge is -2.16. The summed E-state index contributed by atoms with van der Waals surface area (Å²) in [6.45, 7) is 6.79. The third-order valence-corrected chi connectivity index (χ3v) is 2.62. The summed E-state index contributed by atoms with van der Waals surface area (Å²) in [5, 5.41) is 0. The molecular weight excluding hydrogens is 148 g/mol. The molecule has 0 aliphatic carbocycles. The average molecular weight is 168 g/mol. The summed E-state index contributed by atoms with van der Waals surface area (Å²) in [5.74, 6) is 1.57. The lowest BCUT2D eigenvalue weighted by atomic mass is 9.90. The lowest BCUT2D eigenvalue weighted by Crippen LogP contribution is -2.05. The van der Waals surface area contributed by atoms with Crippen LogP contribution in [0.4, 0.5) is 0 Å². The van der Waals surface area contributed by atoms with Crippen LogP contribution in [0.2, 0.25) is 0 Å². The molecule has 0 rings (SSSR count). The van der Waals surface area contributed by atoms with Gasteiger partial charge in [-0.3, -0.25) is 4.79 Å². The second kappa shape index (κ2) is 7.08. The zero-order valence-corrected chi connectivity index (χ0v) is 8.42. The third-order valence-electron chi connectivity index (χ3n) is 2.62. The van der Waals surface area contributed by atoms with Crippen LogP contribution in [0.5, 0.6) is 0 Å². The molecule has 0 aromatic carbocycles. The van der Waals surface area contributed by atoms with Crippen molar-refractivity contribution in [1.29, 1.82) is 0 Å². The topological polar surface area (TPSA) is 17.1 Å². The summed E-state index contributed by atoms with van der Waals surface area (Å²) in [6, 6.07) is 0. The van der Waals surface area contributed by atoms with E-state index in [2.05, 4.69) is 20.8 Å². The molecule has 0 spiro atoms. The van der Waals surface area contributed by atoms with Gasteiger partial charge in [-0.05, 0) is 30.8 Å². The van der Waals surface area contributed by atoms with E-state index in [4.69, 9.17) is 0 Å². The smallest absolute Gasteiger partial charge is 0.142 e. The molecule has 0 aliphatic rings. The summed E-state index contributed by atoms with van der Waals surface area (Å²) < 4.78 is 0. The molecule has 0 heterocycles. The van der Waals surface area contributed by atoms with Gasteiger partial charge in [0.25, 0.3) is 0 Å². The van der Waals surface area contributed by atoms with E-state index in [-0.39, 0.29) is 0 Å². The van der Waals surface area contributed by atoms with Gasteiger partial charge in [0.1, 0.15) is 6.29 Å². The fraction of sp³-hybridized carbons (Fsp3) is 0.727. The quantitative estimate of drug-likeness (QED) is 0.439. The van der Waals surface area contributed by atoms with Gasteiger partial charge in [-0.2, -0.15) is 0 Å². The van der Waals surface area contributed by atoms with Crippen molar-refractivity contribution < 1.29 is 4.79 Å². The Bertz CT molecular complexity index is 138. The molecule has 2 atom stereocenters. The van der Waals surface area contributed by atoms with Crippen LogP contribution in [-0.4, -0.2) is 6.29 Å². The van der Waals surface area contributed by atoms with Gasteiger partial charge in [0.2, 0.25) is 0 Å². The summed E-state index contributed by atoms with van der Waals surface area (Å²) in [6.07, 6.45) is 7.85. The lowest BCUT2D eigenvalue weighted by molar-refractivity contribution is -0.104. The van der Waals surface area contributed by atoms with E-state index in [0.29, 0.717) is 0 Å². The molecule has 0 amide bonds. The zero-order chi connectivity index (χ0) is 9.40. The van der Waals surface area contributed by atoms with E-state index < -0.39 is 0 Å². The van der Waals surface area contributed by atoms with E-state index in [1.54, 1.807) is 6.08 Å². The van der Waals surface area contributed by atoms with E-state index in [1.165, 1.54) is 12.8 Å². The van der Waals surface area contributed by atoms with Gasteiger partial charge in [-0.1, -0.05) is 33.3 Å². The molecule has 12 heavy (non-hydrogen) atoms. The van der Waals surface area contributed by atoms with Gasteiger partial charge >= 0.3 is 0 Å². The molecule has 0 N–H and O–H groups in total. The number of carbonyl (C=O) groups excluding carboxylic acids is 1. The Morgan fingerprint density at radius 3 is 2.42 bits per heavy atom. The molecular formula is C11H20O. The Hall–Kier alpha value is -0.590. The Morgan fingerprint density at radius 2 is 1.92 bits per heavy atom. The minimum absolute atomic E-state index is 0.770. The predicted octanol–water partition coefficient (Wildman–Crippen LogP) is 3.20. The minimum atomic E-state index is 0.770. The molecule has 0 aliphatic heterocycles. The number of carbonyl (C=O) groups is 1. The van der Waals surface area contributed by atoms with Crippen LogP contribution >= 0.6 is 0 Å². The van der Waals surface area contributed by atoms with Gasteiger partial charge < -0.3 is 0 Å². The van der Waals surface area contributed by atoms with Crippen molar-refractivity contribution in [2.45, 2.75) is 40.0 Å². The molecule has 0 aromatic rings. The van der Waals surface area contributed by atoms with Crippen molar-refractivity contribution in [2.24, 2.45) is 11.8 Å². The number of allylic oxidation sites excluding steroid dienone is 2. The normalized spacial score (nSPS) is 16.2. The summed E-state index contributed by atoms with van der Waals surface area (Å²) in [4.78, 5) is 9.95. The number of hydrogen-bond donors (Lipinski definition) is 0. The van der Waals surface area contributed by atoms with Crippen molar-refractivity contribution in [3.8, 4) is 0 Å². The number of hydrogen-bond acceptors (Lipinski definition) is 1. The molecule has 1 heteroatoms. The molecule has 0 radical (unpaired) electrons. The van der Waals surface area contributed by atoms with Crippen molar-refractivity contribution in [3.05, 3.63) is 12.2 Å². The highest BCUT2D eigenvalue weighted by atomic mass is 16.1. The maximum absolute atomic E-state index is 9.95. The second-order valence-corrected chi connectivity index (χ2v) is 3.50. The predicted molar refractivity (Wildman–Crippen MR) is 53.1 cm³/mol. The van der Waals surface area contributed by atoms with Crippen LogP contribution in [0, 0.1) is 11.8 Å². The van der Waals surface area contributed by atoms with Crippen LogP contribution < -0.4 is 0 Å². The first-order chi connectivity index (χ1) is 5.72. The first-order valence-corrected chi connectivity index (χ1v) is 4.82. The molecule has 0 aromatic heterocycles. The SMILES string of the molecule is CCC(C)C(C)CC/C=C/C=O. The van der Waals surface area contributed by atoms with Crippen LogP contribution in [-0.2, 0) is 4.79 Å². The molecule has 70 valence electrons. The molecule has 0 saturated carbocycles. The largest absolute Gasteiger partial charge is 0.299 e. The van der Waals surface area contributed by atoms with Gasteiger partial charge in [0, 0.05) is 0 Å². The standard InChI is InChI=1S/C11H20O/c1-4-10(2)11(3)8-6-5-7-9-12/h5,7,9-11H,4,6,8H2,1-3H3/b7-5+. The maximum Gasteiger partial charge on any atom is 0.142 e. The summed E-state index contributed by atoms with van der Waals surface area (Å²) in [5.41, 5.74) is 0. The first kappa shape index (κ1) is 11.4. The van der Waals surface area contributed by atoms with E-state index in [9.17, 15) is 4.79 Å². The molecule has 0 bridgehead atoms. The van der Waals surface area contributed by atoms with E-state index >= 15 is 0 Å². The van der Waals surface area contributed by atoms with Crippen molar-refractivity contribution in [2.75, 3.05) is 0 Å². The van der Waals surface area contributed by atoms with Crippen molar-refractivity contribution in [3.63, 3.8) is 0 Å². The van der Waals surface area contributed by atoms with Crippen LogP contribution in [0.25, 0.3) is 0 Å². The number of aldehydes is 1. The highest BCUT2D eigenvalue weighted by molar-refractivity contribution is 5.64. The minimum Gasteiger partial charge on any atom is -0.299 e. The Balaban J connectivity index is 3.49.